The van der Waals surface area contributed by atoms with E-state index >= 15 is 0 Å². The SMILES string of the molecule is c1ccc(-c2nc(-c3ccccc3)nc(-c3cccc4c(-c5ccc6c(c5)[te]c5ccccc56)cccc34)n2)cc1. The van der Waals surface area contributed by atoms with Gasteiger partial charge >= 0.3 is 212 Å². The van der Waals surface area contributed by atoms with E-state index < -0.39 is 0 Å². The minimum Gasteiger partial charge on any atom is -0.0615 e. The van der Waals surface area contributed by atoms with Crippen molar-refractivity contribution in [3.05, 3.63) is 140 Å². The van der Waals surface area contributed by atoms with Crippen LogP contribution in [-0.2, 0) is 0 Å². The molecule has 0 aliphatic carbocycles. The first-order valence-electron chi connectivity index (χ1n) is 13.6. The Morgan fingerprint density at radius 1 is 0.341 bits per heavy atom. The molecule has 41 heavy (non-hydrogen) atoms. The van der Waals surface area contributed by atoms with E-state index in [-0.39, 0.29) is 20.4 Å². The quantitative estimate of drug-likeness (QED) is 0.181. The van der Waals surface area contributed by atoms with Gasteiger partial charge in [0.05, 0.1) is 0 Å². The van der Waals surface area contributed by atoms with Gasteiger partial charge in [0.25, 0.3) is 0 Å². The number of nitrogens with zero attached hydrogens (tertiary/aromatic N) is 3. The van der Waals surface area contributed by atoms with Crippen molar-refractivity contribution < 1.29 is 0 Å². The standard InChI is InChI=1S/C37H23N3Te/c1-3-11-24(12-4-1)35-38-36(25-13-5-2-6-14-25)40-37(39-35)32-19-10-17-28-27(16-9-18-29(28)32)26-21-22-31-30-15-7-8-20-33(30)41-34(31)23-26/h1-23H. The minimum atomic E-state index is -0.382. The van der Waals surface area contributed by atoms with Gasteiger partial charge in [-0.05, 0) is 0 Å². The van der Waals surface area contributed by atoms with Crippen LogP contribution in [0.25, 0.3) is 73.6 Å². The van der Waals surface area contributed by atoms with Gasteiger partial charge in [0.15, 0.2) is 0 Å². The summed E-state index contributed by atoms with van der Waals surface area (Å²) in [5, 5.41) is 5.15. The monoisotopic (exact) mass is 639 g/mol. The van der Waals surface area contributed by atoms with Gasteiger partial charge in [-0.2, -0.15) is 0 Å². The fourth-order valence-electron chi connectivity index (χ4n) is 5.58. The molecule has 6 aromatic carbocycles. The zero-order valence-electron chi connectivity index (χ0n) is 22.0. The van der Waals surface area contributed by atoms with Crippen molar-refractivity contribution >= 4 is 48.8 Å². The summed E-state index contributed by atoms with van der Waals surface area (Å²) in [5.41, 5.74) is 5.43. The molecule has 0 saturated carbocycles. The van der Waals surface area contributed by atoms with Crippen molar-refractivity contribution in [3.8, 4) is 45.3 Å². The molecular weight excluding hydrogens is 614 g/mol. The van der Waals surface area contributed by atoms with Crippen LogP contribution in [0.3, 0.4) is 0 Å². The molecule has 0 bridgehead atoms. The average Bonchev–Trinajstić information content (AvgIpc) is 3.43. The third kappa shape index (κ3) is 4.33. The Morgan fingerprint density at radius 3 is 1.59 bits per heavy atom. The van der Waals surface area contributed by atoms with Crippen molar-refractivity contribution in [2.75, 3.05) is 0 Å². The second kappa shape index (κ2) is 10.1. The van der Waals surface area contributed by atoms with Gasteiger partial charge in [-0.3, -0.25) is 0 Å². The van der Waals surface area contributed by atoms with Crippen molar-refractivity contribution in [3.63, 3.8) is 0 Å². The van der Waals surface area contributed by atoms with E-state index in [0.717, 1.165) is 22.1 Å². The zero-order chi connectivity index (χ0) is 27.2. The van der Waals surface area contributed by atoms with Crippen molar-refractivity contribution in [1.29, 1.82) is 0 Å². The Kier molecular flexibility index (Phi) is 5.95. The van der Waals surface area contributed by atoms with Crippen LogP contribution in [0, 0.1) is 0 Å². The molecule has 2 heterocycles. The van der Waals surface area contributed by atoms with E-state index in [2.05, 4.69) is 78.9 Å². The molecule has 0 aliphatic heterocycles. The smallest absolute Gasteiger partial charge is 0.0615 e. The normalized spacial score (nSPS) is 11.4. The predicted molar refractivity (Wildman–Crippen MR) is 171 cm³/mol. The zero-order valence-corrected chi connectivity index (χ0v) is 24.4. The molecule has 192 valence electrons. The first kappa shape index (κ1) is 24.2. The molecule has 0 radical (unpaired) electrons. The third-order valence-electron chi connectivity index (χ3n) is 7.55. The minimum absolute atomic E-state index is 0.382. The first-order valence-corrected chi connectivity index (χ1v) is 16.0. The van der Waals surface area contributed by atoms with Gasteiger partial charge < -0.3 is 0 Å². The van der Waals surface area contributed by atoms with Crippen LogP contribution in [0.2, 0.25) is 0 Å². The van der Waals surface area contributed by atoms with E-state index in [4.69, 9.17) is 15.0 Å². The summed E-state index contributed by atoms with van der Waals surface area (Å²) in [5.74, 6) is 2.02. The number of rotatable bonds is 4. The molecule has 0 saturated heterocycles. The van der Waals surface area contributed by atoms with Gasteiger partial charge in [-0.1, -0.05) is 36.4 Å². The van der Waals surface area contributed by atoms with Crippen molar-refractivity contribution in [1.82, 2.24) is 15.0 Å². The predicted octanol–water partition coefficient (Wildman–Crippen LogP) is 9.06. The van der Waals surface area contributed by atoms with Crippen LogP contribution >= 0.6 is 0 Å². The molecule has 8 rings (SSSR count). The Morgan fingerprint density at radius 2 is 0.878 bits per heavy atom. The fraction of sp³-hybridized carbons (Fsp3) is 0. The third-order valence-corrected chi connectivity index (χ3v) is 10.8. The summed E-state index contributed by atoms with van der Waals surface area (Å²) < 4.78 is 3.04. The summed E-state index contributed by atoms with van der Waals surface area (Å²) in [4.78, 5) is 14.9. The van der Waals surface area contributed by atoms with Gasteiger partial charge in [-0.15, -0.1) is 0 Å². The molecule has 8 aromatic rings. The van der Waals surface area contributed by atoms with Crippen LogP contribution in [-0.4, -0.2) is 35.4 Å². The van der Waals surface area contributed by atoms with Gasteiger partial charge in [0.1, 0.15) is 0 Å². The van der Waals surface area contributed by atoms with E-state index in [1.807, 2.05) is 60.7 Å². The Hall–Kier alpha value is -4.62. The van der Waals surface area contributed by atoms with Crippen LogP contribution in [0.4, 0.5) is 0 Å². The van der Waals surface area contributed by atoms with Crippen molar-refractivity contribution in [2.24, 2.45) is 0 Å². The van der Waals surface area contributed by atoms with Gasteiger partial charge in [-0.25, -0.2) is 0 Å². The molecule has 4 heteroatoms. The van der Waals surface area contributed by atoms with Crippen molar-refractivity contribution in [2.45, 2.75) is 0 Å². The second-order valence-corrected chi connectivity index (χ2v) is 13.1. The maximum atomic E-state index is 5.01. The van der Waals surface area contributed by atoms with Gasteiger partial charge in [0, 0.05) is 0 Å². The molecular formula is C37H23N3Te. The van der Waals surface area contributed by atoms with Crippen LogP contribution < -0.4 is 0 Å². The number of hydrogen-bond donors (Lipinski definition) is 0. The van der Waals surface area contributed by atoms with E-state index in [1.165, 1.54) is 34.1 Å². The number of benzene rings is 6. The van der Waals surface area contributed by atoms with Gasteiger partial charge in [0.2, 0.25) is 0 Å². The Bertz CT molecular complexity index is 2140. The summed E-state index contributed by atoms with van der Waals surface area (Å²) in [6.45, 7) is 0. The number of hydrogen-bond acceptors (Lipinski definition) is 3. The molecule has 3 nitrogen and oxygen atoms in total. The summed E-state index contributed by atoms with van der Waals surface area (Å²) in [6, 6.07) is 49.2. The fourth-order valence-corrected chi connectivity index (χ4v) is 8.85. The number of fused-ring (bicyclic) bond motifs is 4. The van der Waals surface area contributed by atoms with Crippen LogP contribution in [0.5, 0.6) is 0 Å². The average molecular weight is 637 g/mol. The van der Waals surface area contributed by atoms with Crippen LogP contribution in [0.15, 0.2) is 140 Å². The molecule has 2 aromatic heterocycles. The Balaban J connectivity index is 1.32. The topological polar surface area (TPSA) is 38.7 Å². The summed E-state index contributed by atoms with van der Waals surface area (Å²) >= 11 is -0.382. The number of aromatic nitrogens is 3. The van der Waals surface area contributed by atoms with E-state index in [1.54, 1.807) is 0 Å². The molecule has 0 amide bonds. The van der Waals surface area contributed by atoms with E-state index in [9.17, 15) is 0 Å². The Labute approximate surface area is 247 Å². The molecule has 0 fully saturated rings. The first-order chi connectivity index (χ1) is 20.3. The summed E-state index contributed by atoms with van der Waals surface area (Å²) in [7, 11) is 0. The molecule has 0 N–H and O–H groups in total. The molecule has 0 aliphatic rings. The summed E-state index contributed by atoms with van der Waals surface area (Å²) in [6.07, 6.45) is 0. The molecule has 0 spiro atoms. The molecule has 0 unspecified atom stereocenters. The second-order valence-electron chi connectivity index (χ2n) is 10.1. The maximum absolute atomic E-state index is 5.01. The van der Waals surface area contributed by atoms with Crippen LogP contribution in [0.1, 0.15) is 0 Å². The molecule has 0 atom stereocenters. The van der Waals surface area contributed by atoms with E-state index in [0.29, 0.717) is 17.5 Å².